The number of nitrogens with one attached hydrogen (secondary N) is 1. The molecule has 1 amide bonds. The molecule has 0 atom stereocenters. The van der Waals surface area contributed by atoms with Gasteiger partial charge in [-0.15, -0.1) is 0 Å². The third-order valence-electron chi connectivity index (χ3n) is 4.84. The van der Waals surface area contributed by atoms with Gasteiger partial charge in [-0.25, -0.2) is 4.31 Å². The summed E-state index contributed by atoms with van der Waals surface area (Å²) in [6, 6.07) is 13.6. The topological polar surface area (TPSA) is 38.8 Å². The van der Waals surface area contributed by atoms with Gasteiger partial charge in [0.15, 0.2) is 0 Å². The van der Waals surface area contributed by atoms with Crippen molar-refractivity contribution in [2.75, 3.05) is 57.0 Å². The molecule has 0 aliphatic carbocycles. The van der Waals surface area contributed by atoms with Crippen LogP contribution >= 0.6 is 35.1 Å². The third kappa shape index (κ3) is 6.52. The first kappa shape index (κ1) is 22.2. The molecule has 1 fully saturated rings. The van der Waals surface area contributed by atoms with E-state index in [1.165, 1.54) is 17.6 Å². The molecule has 156 valence electrons. The van der Waals surface area contributed by atoms with Gasteiger partial charge in [-0.05, 0) is 62.4 Å². The van der Waals surface area contributed by atoms with E-state index in [0.717, 1.165) is 36.8 Å². The first-order valence-electron chi connectivity index (χ1n) is 9.59. The Morgan fingerprint density at radius 1 is 1.10 bits per heavy atom. The summed E-state index contributed by atoms with van der Waals surface area (Å²) in [7, 11) is 4.08. The van der Waals surface area contributed by atoms with Gasteiger partial charge in [-0.2, -0.15) is 0 Å². The van der Waals surface area contributed by atoms with Crippen molar-refractivity contribution >= 4 is 52.4 Å². The number of rotatable bonds is 7. The highest BCUT2D eigenvalue weighted by Crippen LogP contribution is 2.34. The zero-order chi connectivity index (χ0) is 20.8. The predicted octanol–water partition coefficient (Wildman–Crippen LogP) is 4.71. The zero-order valence-corrected chi connectivity index (χ0v) is 19.0. The van der Waals surface area contributed by atoms with E-state index in [-0.39, 0.29) is 5.91 Å². The van der Waals surface area contributed by atoms with Crippen LogP contribution in [0, 0.1) is 0 Å². The maximum absolute atomic E-state index is 12.3. The van der Waals surface area contributed by atoms with Crippen LogP contribution in [0.2, 0.25) is 10.0 Å². The number of nitrogens with zero attached hydrogens (tertiary/aromatic N) is 3. The molecule has 1 aliphatic rings. The van der Waals surface area contributed by atoms with Crippen molar-refractivity contribution in [3.8, 4) is 0 Å². The van der Waals surface area contributed by atoms with Crippen molar-refractivity contribution in [3.63, 3.8) is 0 Å². The van der Waals surface area contributed by atoms with E-state index in [1.807, 2.05) is 35.6 Å². The number of anilines is 2. The molecule has 3 rings (SSSR count). The summed E-state index contributed by atoms with van der Waals surface area (Å²) in [4.78, 5) is 17.9. The summed E-state index contributed by atoms with van der Waals surface area (Å²) < 4.78 is 1.98. The standard InChI is InChI=1S/C21H26Cl2N4OS/c1-25-12-14-27(15-13-25)17-8-6-16(7-9-17)24-20(28)10-11-26(2)29-19-5-3-4-18(22)21(19)23/h3-9H,10-15H2,1-2H3,(H,24,28). The number of benzene rings is 2. The van der Waals surface area contributed by atoms with Crippen LogP contribution in [0.15, 0.2) is 47.4 Å². The van der Waals surface area contributed by atoms with Gasteiger partial charge in [0.25, 0.3) is 0 Å². The van der Waals surface area contributed by atoms with Crippen LogP contribution in [-0.4, -0.2) is 61.9 Å². The van der Waals surface area contributed by atoms with Crippen molar-refractivity contribution in [2.24, 2.45) is 0 Å². The first-order valence-corrected chi connectivity index (χ1v) is 11.1. The molecule has 5 nitrogen and oxygen atoms in total. The van der Waals surface area contributed by atoms with Crippen molar-refractivity contribution < 1.29 is 4.79 Å². The number of likely N-dealkylation sites (N-methyl/N-ethyl adjacent to an activating group) is 1. The fraction of sp³-hybridized carbons (Fsp3) is 0.381. The molecule has 2 aromatic carbocycles. The van der Waals surface area contributed by atoms with E-state index >= 15 is 0 Å². The molecule has 0 bridgehead atoms. The van der Waals surface area contributed by atoms with Crippen LogP contribution in [0.5, 0.6) is 0 Å². The van der Waals surface area contributed by atoms with Gasteiger partial charge in [0.1, 0.15) is 0 Å². The lowest BCUT2D eigenvalue weighted by Crippen LogP contribution is -2.44. The maximum Gasteiger partial charge on any atom is 0.225 e. The Labute approximate surface area is 187 Å². The van der Waals surface area contributed by atoms with Crippen molar-refractivity contribution in [1.29, 1.82) is 0 Å². The highest BCUT2D eigenvalue weighted by Gasteiger charge is 2.14. The van der Waals surface area contributed by atoms with Gasteiger partial charge >= 0.3 is 0 Å². The zero-order valence-electron chi connectivity index (χ0n) is 16.7. The number of hydrogen-bond acceptors (Lipinski definition) is 5. The normalized spacial score (nSPS) is 15.0. The monoisotopic (exact) mass is 452 g/mol. The molecule has 29 heavy (non-hydrogen) atoms. The Bertz CT molecular complexity index is 826. The molecule has 2 aromatic rings. The SMILES string of the molecule is CN1CCN(c2ccc(NC(=O)CCN(C)Sc3cccc(Cl)c3Cl)cc2)CC1. The van der Waals surface area contributed by atoms with Crippen LogP contribution in [0.25, 0.3) is 0 Å². The second-order valence-electron chi connectivity index (χ2n) is 7.13. The van der Waals surface area contributed by atoms with Crippen LogP contribution < -0.4 is 10.2 Å². The summed E-state index contributed by atoms with van der Waals surface area (Å²) in [5.74, 6) is -0.0120. The molecule has 1 saturated heterocycles. The second kappa shape index (κ2) is 10.5. The highest BCUT2D eigenvalue weighted by molar-refractivity contribution is 7.97. The minimum Gasteiger partial charge on any atom is -0.369 e. The summed E-state index contributed by atoms with van der Waals surface area (Å²) >= 11 is 13.7. The molecule has 0 unspecified atom stereocenters. The number of hydrogen-bond donors (Lipinski definition) is 1. The minimum atomic E-state index is -0.0120. The fourth-order valence-electron chi connectivity index (χ4n) is 3.07. The van der Waals surface area contributed by atoms with Crippen molar-refractivity contribution in [1.82, 2.24) is 9.21 Å². The van der Waals surface area contributed by atoms with E-state index < -0.39 is 0 Å². The Morgan fingerprint density at radius 2 is 1.79 bits per heavy atom. The Hall–Kier alpha value is -1.44. The van der Waals surface area contributed by atoms with Gasteiger partial charge in [0, 0.05) is 55.4 Å². The van der Waals surface area contributed by atoms with Gasteiger partial charge < -0.3 is 15.1 Å². The molecular formula is C21H26Cl2N4OS. The van der Waals surface area contributed by atoms with Gasteiger partial charge in [-0.3, -0.25) is 4.79 Å². The lowest BCUT2D eigenvalue weighted by Gasteiger charge is -2.34. The van der Waals surface area contributed by atoms with Gasteiger partial charge in [0.05, 0.1) is 10.0 Å². The molecule has 0 aromatic heterocycles. The largest absolute Gasteiger partial charge is 0.369 e. The number of piperazine rings is 1. The van der Waals surface area contributed by atoms with Crippen molar-refractivity contribution in [2.45, 2.75) is 11.3 Å². The van der Waals surface area contributed by atoms with E-state index in [2.05, 4.69) is 34.3 Å². The Kier molecular flexibility index (Phi) is 8.09. The first-order chi connectivity index (χ1) is 13.9. The molecule has 8 heteroatoms. The number of amides is 1. The van der Waals surface area contributed by atoms with Crippen LogP contribution in [0.3, 0.4) is 0 Å². The van der Waals surface area contributed by atoms with Crippen LogP contribution in [0.1, 0.15) is 6.42 Å². The third-order valence-corrected chi connectivity index (χ3v) is 6.81. The Morgan fingerprint density at radius 3 is 2.48 bits per heavy atom. The maximum atomic E-state index is 12.3. The van der Waals surface area contributed by atoms with E-state index in [1.54, 1.807) is 6.07 Å². The smallest absolute Gasteiger partial charge is 0.225 e. The summed E-state index contributed by atoms with van der Waals surface area (Å²) in [5, 5.41) is 4.04. The lowest BCUT2D eigenvalue weighted by atomic mass is 10.2. The second-order valence-corrected chi connectivity index (χ2v) is 9.16. The predicted molar refractivity (Wildman–Crippen MR) is 124 cm³/mol. The van der Waals surface area contributed by atoms with Crippen LogP contribution in [0.4, 0.5) is 11.4 Å². The molecule has 1 heterocycles. The Balaban J connectivity index is 1.45. The molecule has 0 spiro atoms. The quantitative estimate of drug-likeness (QED) is 0.615. The molecule has 1 N–H and O–H groups in total. The molecular weight excluding hydrogens is 427 g/mol. The fourth-order valence-corrected chi connectivity index (χ4v) is 4.38. The van der Waals surface area contributed by atoms with E-state index in [0.29, 0.717) is 23.0 Å². The average molecular weight is 453 g/mol. The van der Waals surface area contributed by atoms with Gasteiger partial charge in [-0.1, -0.05) is 29.3 Å². The van der Waals surface area contributed by atoms with Crippen molar-refractivity contribution in [3.05, 3.63) is 52.5 Å². The van der Waals surface area contributed by atoms with E-state index in [9.17, 15) is 4.79 Å². The van der Waals surface area contributed by atoms with Gasteiger partial charge in [0.2, 0.25) is 5.91 Å². The average Bonchev–Trinajstić information content (AvgIpc) is 2.71. The number of halogens is 2. The molecule has 1 aliphatic heterocycles. The minimum absolute atomic E-state index is 0.0120. The summed E-state index contributed by atoms with van der Waals surface area (Å²) in [6.45, 7) is 4.80. The molecule has 0 radical (unpaired) electrons. The molecule has 0 saturated carbocycles. The highest BCUT2D eigenvalue weighted by atomic mass is 35.5. The summed E-state index contributed by atoms with van der Waals surface area (Å²) in [5.41, 5.74) is 2.02. The lowest BCUT2D eigenvalue weighted by molar-refractivity contribution is -0.116. The number of carbonyl (C=O) groups is 1. The number of carbonyl (C=O) groups excluding carboxylic acids is 1. The van der Waals surface area contributed by atoms with E-state index in [4.69, 9.17) is 23.2 Å². The summed E-state index contributed by atoms with van der Waals surface area (Å²) in [6.07, 6.45) is 0.391. The van der Waals surface area contributed by atoms with Crippen LogP contribution in [-0.2, 0) is 4.79 Å².